The Kier molecular flexibility index (Phi) is 6.39. The second-order valence-corrected chi connectivity index (χ2v) is 8.59. The second kappa shape index (κ2) is 9.15. The van der Waals surface area contributed by atoms with Gasteiger partial charge >= 0.3 is 0 Å². The Morgan fingerprint density at radius 2 is 1.61 bits per heavy atom. The maximum absolute atomic E-state index is 6.45. The number of nitrogens with one attached hydrogen (secondary N) is 1. The molecule has 0 saturated heterocycles. The molecule has 4 rings (SSSR count). The van der Waals surface area contributed by atoms with E-state index in [-0.39, 0.29) is 0 Å². The first-order chi connectivity index (χ1) is 13.7. The van der Waals surface area contributed by atoms with Crippen LogP contribution in [0.4, 0.5) is 0 Å². The highest BCUT2D eigenvalue weighted by Gasteiger charge is 2.17. The highest BCUT2D eigenvalue weighted by atomic mass is 35.5. The topological polar surface area (TPSA) is 17.0 Å². The molecule has 0 unspecified atom stereocenters. The fraction of sp³-hybridized carbons (Fsp3) is 0.440. The predicted octanol–water partition coefficient (Wildman–Crippen LogP) is 6.85. The molecule has 1 fully saturated rings. The Hall–Kier alpha value is -1.77. The third-order valence-corrected chi connectivity index (χ3v) is 6.69. The number of rotatable bonds is 5. The SMILES string of the molecule is Cc1c(CNC2CCCCCCC2)c2ccccc2n1Cc1ccccc1Cl. The molecule has 0 atom stereocenters. The van der Waals surface area contributed by atoms with Crippen LogP contribution in [0.15, 0.2) is 48.5 Å². The van der Waals surface area contributed by atoms with Crippen LogP contribution < -0.4 is 5.32 Å². The highest BCUT2D eigenvalue weighted by Crippen LogP contribution is 2.28. The highest BCUT2D eigenvalue weighted by molar-refractivity contribution is 6.31. The zero-order chi connectivity index (χ0) is 19.3. The monoisotopic (exact) mass is 394 g/mol. The van der Waals surface area contributed by atoms with Crippen molar-refractivity contribution in [2.45, 2.75) is 71.0 Å². The summed E-state index contributed by atoms with van der Waals surface area (Å²) in [6.45, 7) is 4.02. The lowest BCUT2D eigenvalue weighted by Gasteiger charge is -2.21. The van der Waals surface area contributed by atoms with E-state index in [0.717, 1.165) is 18.1 Å². The molecule has 28 heavy (non-hydrogen) atoms. The van der Waals surface area contributed by atoms with Gasteiger partial charge in [-0.2, -0.15) is 0 Å². The van der Waals surface area contributed by atoms with E-state index in [2.05, 4.69) is 53.2 Å². The predicted molar refractivity (Wildman–Crippen MR) is 120 cm³/mol. The van der Waals surface area contributed by atoms with Gasteiger partial charge < -0.3 is 9.88 Å². The number of benzene rings is 2. The average molecular weight is 395 g/mol. The van der Waals surface area contributed by atoms with Gasteiger partial charge in [-0.05, 0) is 43.0 Å². The van der Waals surface area contributed by atoms with Crippen LogP contribution in [0.2, 0.25) is 5.02 Å². The maximum atomic E-state index is 6.45. The van der Waals surface area contributed by atoms with Gasteiger partial charge in [0.2, 0.25) is 0 Å². The Morgan fingerprint density at radius 3 is 2.39 bits per heavy atom. The van der Waals surface area contributed by atoms with E-state index in [1.807, 2.05) is 12.1 Å². The first-order valence-corrected chi connectivity index (χ1v) is 11.2. The maximum Gasteiger partial charge on any atom is 0.0493 e. The molecule has 0 amide bonds. The summed E-state index contributed by atoms with van der Waals surface area (Å²) in [6.07, 6.45) is 9.58. The number of para-hydroxylation sites is 1. The van der Waals surface area contributed by atoms with E-state index < -0.39 is 0 Å². The van der Waals surface area contributed by atoms with Crippen LogP contribution in [-0.2, 0) is 13.1 Å². The molecule has 1 aromatic heterocycles. The molecule has 148 valence electrons. The molecule has 2 aromatic carbocycles. The number of fused-ring (bicyclic) bond motifs is 1. The minimum atomic E-state index is 0.658. The van der Waals surface area contributed by atoms with Gasteiger partial charge in [0.25, 0.3) is 0 Å². The summed E-state index contributed by atoms with van der Waals surface area (Å²) >= 11 is 6.45. The van der Waals surface area contributed by atoms with E-state index in [9.17, 15) is 0 Å². The summed E-state index contributed by atoms with van der Waals surface area (Å²) in [7, 11) is 0. The number of hydrogen-bond donors (Lipinski definition) is 1. The average Bonchev–Trinajstić information content (AvgIpc) is 2.94. The van der Waals surface area contributed by atoms with Crippen LogP contribution in [0, 0.1) is 6.92 Å². The van der Waals surface area contributed by atoms with E-state index in [4.69, 9.17) is 11.6 Å². The third kappa shape index (κ3) is 4.29. The van der Waals surface area contributed by atoms with E-state index >= 15 is 0 Å². The summed E-state index contributed by atoms with van der Waals surface area (Å²) in [5.74, 6) is 0. The van der Waals surface area contributed by atoms with Crippen molar-refractivity contribution in [2.75, 3.05) is 0 Å². The lowest BCUT2D eigenvalue weighted by Crippen LogP contribution is -2.29. The van der Waals surface area contributed by atoms with Crippen molar-refractivity contribution in [2.24, 2.45) is 0 Å². The molecule has 2 nitrogen and oxygen atoms in total. The van der Waals surface area contributed by atoms with Crippen molar-refractivity contribution in [3.63, 3.8) is 0 Å². The second-order valence-electron chi connectivity index (χ2n) is 8.18. The van der Waals surface area contributed by atoms with E-state index in [0.29, 0.717) is 6.04 Å². The Balaban J connectivity index is 1.60. The zero-order valence-electron chi connectivity index (χ0n) is 16.9. The van der Waals surface area contributed by atoms with Gasteiger partial charge in [0.15, 0.2) is 0 Å². The third-order valence-electron chi connectivity index (χ3n) is 6.32. The molecule has 0 spiro atoms. The molecule has 0 bridgehead atoms. The standard InChI is InChI=1S/C25H31ClN2/c1-19-23(17-27-21-12-5-3-2-4-6-13-21)22-14-8-10-16-25(22)28(19)18-20-11-7-9-15-24(20)26/h7-11,14-16,21,27H,2-6,12-13,17-18H2,1H3. The van der Waals surface area contributed by atoms with E-state index in [1.54, 1.807) is 0 Å². The molecule has 1 aliphatic rings. The van der Waals surface area contributed by atoms with Gasteiger partial charge in [0.1, 0.15) is 0 Å². The first-order valence-electron chi connectivity index (χ1n) is 10.8. The van der Waals surface area contributed by atoms with Gasteiger partial charge in [0.05, 0.1) is 0 Å². The van der Waals surface area contributed by atoms with Crippen molar-refractivity contribution < 1.29 is 0 Å². The van der Waals surface area contributed by atoms with Crippen LogP contribution in [0.5, 0.6) is 0 Å². The summed E-state index contributed by atoms with van der Waals surface area (Å²) in [5, 5.41) is 6.10. The minimum absolute atomic E-state index is 0.658. The summed E-state index contributed by atoms with van der Waals surface area (Å²) in [6, 6.07) is 17.6. The van der Waals surface area contributed by atoms with Gasteiger partial charge in [0, 0.05) is 40.8 Å². The van der Waals surface area contributed by atoms with E-state index in [1.165, 1.54) is 72.7 Å². The molecule has 1 saturated carbocycles. The number of halogens is 1. The normalized spacial score (nSPS) is 16.2. The van der Waals surface area contributed by atoms with Crippen LogP contribution in [0.1, 0.15) is 61.8 Å². The van der Waals surface area contributed by atoms with Crippen molar-refractivity contribution in [1.82, 2.24) is 9.88 Å². The van der Waals surface area contributed by atoms with Crippen molar-refractivity contribution in [3.05, 3.63) is 70.4 Å². The molecule has 0 radical (unpaired) electrons. The van der Waals surface area contributed by atoms with Crippen LogP contribution in [0.25, 0.3) is 10.9 Å². The smallest absolute Gasteiger partial charge is 0.0493 e. The summed E-state index contributed by atoms with van der Waals surface area (Å²) in [5.41, 5.74) is 5.26. The fourth-order valence-corrected chi connectivity index (χ4v) is 4.83. The summed E-state index contributed by atoms with van der Waals surface area (Å²) < 4.78 is 2.42. The van der Waals surface area contributed by atoms with Crippen LogP contribution in [0.3, 0.4) is 0 Å². The van der Waals surface area contributed by atoms with Crippen LogP contribution in [-0.4, -0.2) is 10.6 Å². The summed E-state index contributed by atoms with van der Waals surface area (Å²) in [4.78, 5) is 0. The quantitative estimate of drug-likeness (QED) is 0.500. The number of nitrogens with zero attached hydrogens (tertiary/aromatic N) is 1. The Bertz CT molecular complexity index is 919. The number of aromatic nitrogens is 1. The molecule has 3 heteroatoms. The number of hydrogen-bond acceptors (Lipinski definition) is 1. The van der Waals surface area contributed by atoms with Crippen LogP contribution >= 0.6 is 11.6 Å². The van der Waals surface area contributed by atoms with Gasteiger partial charge in [-0.15, -0.1) is 0 Å². The van der Waals surface area contributed by atoms with Crippen molar-refractivity contribution in [3.8, 4) is 0 Å². The molecule has 3 aromatic rings. The fourth-order valence-electron chi connectivity index (χ4n) is 4.63. The van der Waals surface area contributed by atoms with Crippen molar-refractivity contribution >= 4 is 22.5 Å². The Morgan fingerprint density at radius 1 is 0.929 bits per heavy atom. The molecular formula is C25H31ClN2. The molecule has 1 aliphatic carbocycles. The molecule has 1 N–H and O–H groups in total. The minimum Gasteiger partial charge on any atom is -0.340 e. The first kappa shape index (κ1) is 19.5. The molecule has 1 heterocycles. The molecular weight excluding hydrogens is 364 g/mol. The van der Waals surface area contributed by atoms with Gasteiger partial charge in [-0.1, -0.05) is 80.1 Å². The van der Waals surface area contributed by atoms with Gasteiger partial charge in [-0.3, -0.25) is 0 Å². The molecule has 0 aliphatic heterocycles. The largest absolute Gasteiger partial charge is 0.340 e. The van der Waals surface area contributed by atoms with Gasteiger partial charge in [-0.25, -0.2) is 0 Å². The lowest BCUT2D eigenvalue weighted by molar-refractivity contribution is 0.389. The van der Waals surface area contributed by atoms with Crippen molar-refractivity contribution in [1.29, 1.82) is 0 Å². The zero-order valence-corrected chi connectivity index (χ0v) is 17.6. The lowest BCUT2D eigenvalue weighted by atomic mass is 9.96. The Labute approximate surface area is 173 Å².